The summed E-state index contributed by atoms with van der Waals surface area (Å²) in [6.07, 6.45) is 1.23. The molecule has 35 heavy (non-hydrogen) atoms. The van der Waals surface area contributed by atoms with Crippen molar-refractivity contribution in [1.29, 1.82) is 0 Å². The van der Waals surface area contributed by atoms with E-state index in [0.717, 1.165) is 66.4 Å². The Morgan fingerprint density at radius 1 is 0.914 bits per heavy atom. The van der Waals surface area contributed by atoms with E-state index in [0.29, 0.717) is 12.2 Å². The first-order chi connectivity index (χ1) is 17.1. The Hall–Kier alpha value is -3.03. The van der Waals surface area contributed by atoms with Gasteiger partial charge in [-0.2, -0.15) is 0 Å². The minimum absolute atomic E-state index is 0.0113. The standard InChI is InChI=1S/C28H30FN3O2S/c29-22-11-13-23(14-12-22)32-18-16-31(17-19-32)15-5-10-27(33)30-28-24-7-2-1-6-21(24)20-35(34)26-9-4-3-8-25(26)28/h1-4,6-9,11-14,28H,5,10,15-20H2,(H,30,33)/t28-,35?/m1/s1. The molecule has 0 aliphatic carbocycles. The van der Waals surface area contributed by atoms with Gasteiger partial charge in [-0.05, 0) is 60.0 Å². The molecule has 5 rings (SSSR count). The minimum atomic E-state index is -1.14. The van der Waals surface area contributed by atoms with Gasteiger partial charge in [-0.15, -0.1) is 0 Å². The van der Waals surface area contributed by atoms with Crippen molar-refractivity contribution in [1.82, 2.24) is 10.2 Å². The Morgan fingerprint density at radius 2 is 1.60 bits per heavy atom. The van der Waals surface area contributed by atoms with Crippen LogP contribution in [0.1, 0.15) is 35.6 Å². The number of rotatable bonds is 6. The Balaban J connectivity index is 1.17. The summed E-state index contributed by atoms with van der Waals surface area (Å²) < 4.78 is 26.1. The van der Waals surface area contributed by atoms with E-state index in [-0.39, 0.29) is 17.8 Å². The minimum Gasteiger partial charge on any atom is -0.369 e. The van der Waals surface area contributed by atoms with Crippen molar-refractivity contribution in [3.8, 4) is 0 Å². The molecule has 3 aromatic carbocycles. The van der Waals surface area contributed by atoms with E-state index in [1.54, 1.807) is 0 Å². The lowest BCUT2D eigenvalue weighted by Crippen LogP contribution is -2.46. The van der Waals surface area contributed by atoms with Gasteiger partial charge in [0.15, 0.2) is 0 Å². The second kappa shape index (κ2) is 10.7. The van der Waals surface area contributed by atoms with Gasteiger partial charge in [-0.25, -0.2) is 4.39 Å². The Bertz CT molecular complexity index is 1210. The molecular weight excluding hydrogens is 461 g/mol. The summed E-state index contributed by atoms with van der Waals surface area (Å²) in [6, 6.07) is 22.1. The first-order valence-electron chi connectivity index (χ1n) is 12.2. The molecule has 1 amide bonds. The lowest BCUT2D eigenvalue weighted by Gasteiger charge is -2.36. The SMILES string of the molecule is O=C(CCCN1CCN(c2ccc(F)cc2)CC1)N[C@@H]1c2ccccc2CS(=O)c2ccccc21. The zero-order chi connectivity index (χ0) is 24.2. The topological polar surface area (TPSA) is 52.7 Å². The molecule has 1 saturated heterocycles. The summed E-state index contributed by atoms with van der Waals surface area (Å²) in [5.41, 5.74) is 4.01. The van der Waals surface area contributed by atoms with Gasteiger partial charge in [0.2, 0.25) is 5.91 Å². The maximum Gasteiger partial charge on any atom is 0.220 e. The smallest absolute Gasteiger partial charge is 0.220 e. The Morgan fingerprint density at radius 3 is 2.37 bits per heavy atom. The van der Waals surface area contributed by atoms with Crippen LogP contribution in [0.25, 0.3) is 0 Å². The summed E-state index contributed by atoms with van der Waals surface area (Å²) >= 11 is 0. The predicted octanol–water partition coefficient (Wildman–Crippen LogP) is 4.25. The van der Waals surface area contributed by atoms with Crippen molar-refractivity contribution in [2.45, 2.75) is 29.5 Å². The monoisotopic (exact) mass is 491 g/mol. The van der Waals surface area contributed by atoms with Gasteiger partial charge < -0.3 is 10.2 Å². The van der Waals surface area contributed by atoms with Crippen LogP contribution in [0, 0.1) is 5.82 Å². The van der Waals surface area contributed by atoms with Gasteiger partial charge >= 0.3 is 0 Å². The first kappa shape index (κ1) is 23.7. The highest BCUT2D eigenvalue weighted by atomic mass is 32.2. The number of anilines is 1. The number of carbonyl (C=O) groups excluding carboxylic acids is 1. The summed E-state index contributed by atoms with van der Waals surface area (Å²) in [5.74, 6) is 0.260. The molecule has 2 heterocycles. The molecule has 2 aliphatic heterocycles. The van der Waals surface area contributed by atoms with Crippen LogP contribution in [-0.4, -0.2) is 47.7 Å². The largest absolute Gasteiger partial charge is 0.369 e. The van der Waals surface area contributed by atoms with E-state index in [4.69, 9.17) is 0 Å². The lowest BCUT2D eigenvalue weighted by atomic mass is 9.95. The summed E-state index contributed by atoms with van der Waals surface area (Å²) in [4.78, 5) is 18.4. The quantitative estimate of drug-likeness (QED) is 0.560. The highest BCUT2D eigenvalue weighted by Gasteiger charge is 2.28. The molecule has 1 N–H and O–H groups in total. The normalized spacial score (nSPS) is 20.0. The fourth-order valence-electron chi connectivity index (χ4n) is 4.99. The van der Waals surface area contributed by atoms with E-state index < -0.39 is 10.8 Å². The lowest BCUT2D eigenvalue weighted by molar-refractivity contribution is -0.121. The molecule has 0 radical (unpaired) electrons. The predicted molar refractivity (Wildman–Crippen MR) is 137 cm³/mol. The van der Waals surface area contributed by atoms with Gasteiger partial charge in [0.05, 0.1) is 22.6 Å². The number of halogens is 1. The van der Waals surface area contributed by atoms with Crippen LogP contribution in [0.4, 0.5) is 10.1 Å². The number of benzene rings is 3. The van der Waals surface area contributed by atoms with Crippen LogP contribution in [0.15, 0.2) is 77.7 Å². The van der Waals surface area contributed by atoms with Crippen LogP contribution in [-0.2, 0) is 21.3 Å². The van der Waals surface area contributed by atoms with Crippen LogP contribution in [0.3, 0.4) is 0 Å². The average Bonchev–Trinajstić information content (AvgIpc) is 3.00. The maximum atomic E-state index is 13.2. The molecular formula is C28H30FN3O2S. The average molecular weight is 492 g/mol. The summed E-state index contributed by atoms with van der Waals surface area (Å²) in [6.45, 7) is 4.50. The van der Waals surface area contributed by atoms with Crippen molar-refractivity contribution in [2.24, 2.45) is 0 Å². The van der Waals surface area contributed by atoms with Gasteiger partial charge in [-0.3, -0.25) is 13.9 Å². The van der Waals surface area contributed by atoms with Crippen LogP contribution in [0.5, 0.6) is 0 Å². The number of hydrogen-bond donors (Lipinski definition) is 1. The molecule has 0 bridgehead atoms. The highest BCUT2D eigenvalue weighted by Crippen LogP contribution is 2.34. The third-order valence-corrected chi connectivity index (χ3v) is 8.31. The Labute approximate surface area is 208 Å². The number of piperazine rings is 1. The molecule has 7 heteroatoms. The Kier molecular flexibility index (Phi) is 7.25. The third kappa shape index (κ3) is 5.46. The highest BCUT2D eigenvalue weighted by molar-refractivity contribution is 7.84. The first-order valence-corrected chi connectivity index (χ1v) is 13.5. The molecule has 2 atom stereocenters. The molecule has 182 valence electrons. The molecule has 0 saturated carbocycles. The molecule has 1 fully saturated rings. The summed E-state index contributed by atoms with van der Waals surface area (Å²) in [7, 11) is -1.14. The molecule has 0 spiro atoms. The molecule has 0 aromatic heterocycles. The summed E-state index contributed by atoms with van der Waals surface area (Å²) in [5, 5.41) is 3.23. The molecule has 3 aromatic rings. The van der Waals surface area contributed by atoms with Crippen molar-refractivity contribution in [2.75, 3.05) is 37.6 Å². The van der Waals surface area contributed by atoms with Crippen LogP contribution in [0.2, 0.25) is 0 Å². The number of carbonyl (C=O) groups is 1. The van der Waals surface area contributed by atoms with Crippen LogP contribution >= 0.6 is 0 Å². The number of nitrogens with zero attached hydrogens (tertiary/aromatic N) is 2. The van der Waals surface area contributed by atoms with Gasteiger partial charge in [-0.1, -0.05) is 42.5 Å². The number of nitrogens with one attached hydrogen (secondary N) is 1. The number of amides is 1. The van der Waals surface area contributed by atoms with Crippen LogP contribution < -0.4 is 10.2 Å². The van der Waals surface area contributed by atoms with Crippen molar-refractivity contribution in [3.63, 3.8) is 0 Å². The third-order valence-electron chi connectivity index (χ3n) is 6.88. The molecule has 1 unspecified atom stereocenters. The van der Waals surface area contributed by atoms with Gasteiger partial charge in [0.25, 0.3) is 0 Å². The van der Waals surface area contributed by atoms with Crippen molar-refractivity contribution < 1.29 is 13.4 Å². The number of fused-ring (bicyclic) bond motifs is 2. The van der Waals surface area contributed by atoms with Crippen molar-refractivity contribution in [3.05, 3.63) is 95.3 Å². The van der Waals surface area contributed by atoms with Gasteiger partial charge in [0.1, 0.15) is 5.82 Å². The fraction of sp³-hybridized carbons (Fsp3) is 0.321. The van der Waals surface area contributed by atoms with Gasteiger partial charge in [0, 0.05) is 43.2 Å². The molecule has 2 aliphatic rings. The molecule has 5 nitrogen and oxygen atoms in total. The van der Waals surface area contributed by atoms with E-state index in [9.17, 15) is 13.4 Å². The zero-order valence-electron chi connectivity index (χ0n) is 19.7. The van der Waals surface area contributed by atoms with E-state index in [1.165, 1.54) is 12.1 Å². The number of hydrogen-bond acceptors (Lipinski definition) is 4. The fourth-order valence-corrected chi connectivity index (χ4v) is 6.37. The van der Waals surface area contributed by atoms with Crippen molar-refractivity contribution >= 4 is 22.4 Å². The zero-order valence-corrected chi connectivity index (χ0v) is 20.5. The van der Waals surface area contributed by atoms with E-state index >= 15 is 0 Å². The maximum absolute atomic E-state index is 13.2. The van der Waals surface area contributed by atoms with E-state index in [1.807, 2.05) is 60.7 Å². The van der Waals surface area contributed by atoms with E-state index in [2.05, 4.69) is 15.1 Å². The second-order valence-electron chi connectivity index (χ2n) is 9.14. The second-order valence-corrected chi connectivity index (χ2v) is 10.6.